The number of nitrogens with zero attached hydrogens (tertiary/aromatic N) is 2. The van der Waals surface area contributed by atoms with Crippen molar-refractivity contribution in [1.29, 1.82) is 0 Å². The number of rotatable bonds is 13. The molecule has 0 radical (unpaired) electrons. The van der Waals surface area contributed by atoms with E-state index in [0.29, 0.717) is 46.9 Å². The Morgan fingerprint density at radius 1 is 1.14 bits per heavy atom. The van der Waals surface area contributed by atoms with Gasteiger partial charge in [0.1, 0.15) is 11.8 Å². The lowest BCUT2D eigenvalue weighted by Crippen LogP contribution is -2.62. The van der Waals surface area contributed by atoms with Crippen LogP contribution < -0.4 is 25.6 Å². The van der Waals surface area contributed by atoms with E-state index in [1.54, 1.807) is 26.1 Å². The zero-order chi connectivity index (χ0) is 35.8. The van der Waals surface area contributed by atoms with Crippen LogP contribution in [0.2, 0.25) is 0 Å². The van der Waals surface area contributed by atoms with Crippen molar-refractivity contribution in [3.8, 4) is 16.9 Å². The molecule has 4 fully saturated rings. The Labute approximate surface area is 293 Å². The summed E-state index contributed by atoms with van der Waals surface area (Å²) in [6, 6.07) is 11.1. The summed E-state index contributed by atoms with van der Waals surface area (Å²) in [5.74, 6) is 1.96. The number of ether oxygens (including phenoxy) is 1. The number of hydrogen-bond acceptors (Lipinski definition) is 8. The zero-order valence-electron chi connectivity index (χ0n) is 31.2. The Kier molecular flexibility index (Phi) is 11.3. The van der Waals surface area contributed by atoms with Crippen LogP contribution in [0.15, 0.2) is 36.4 Å². The molecule has 2 aromatic rings. The van der Waals surface area contributed by atoms with E-state index in [1.165, 1.54) is 6.42 Å². The number of hydrogen-bond donors (Lipinski definition) is 4. The molecule has 3 aliphatic carbocycles. The minimum absolute atomic E-state index is 0.0928. The fourth-order valence-electron chi connectivity index (χ4n) is 8.66. The molecule has 0 unspecified atom stereocenters. The van der Waals surface area contributed by atoms with Crippen LogP contribution in [0.1, 0.15) is 70.3 Å². The van der Waals surface area contributed by atoms with Crippen molar-refractivity contribution in [3.05, 3.63) is 47.5 Å². The van der Waals surface area contributed by atoms with E-state index < -0.39 is 24.2 Å². The Bertz CT molecular complexity index is 1490. The van der Waals surface area contributed by atoms with Gasteiger partial charge in [-0.15, -0.1) is 0 Å². The summed E-state index contributed by atoms with van der Waals surface area (Å²) in [5.41, 5.74) is 4.25. The van der Waals surface area contributed by atoms with Gasteiger partial charge in [0.05, 0.1) is 25.9 Å². The van der Waals surface area contributed by atoms with Crippen LogP contribution >= 0.6 is 0 Å². The highest BCUT2D eigenvalue weighted by atomic mass is 16.7. The maximum Gasteiger partial charge on any atom is 0.251 e. The van der Waals surface area contributed by atoms with Crippen molar-refractivity contribution < 1.29 is 24.3 Å². The SMILES string of the molecule is CNC(=O)c1cc(-c2cccc(CN3O[C@@H](CNCC(C)C)[C@@H]([C@H](C)O)[C@H]3C(=O)N[C@H]3C[C@@H]4C[C@H]([C@@H]3C)C4(C)C)c2OC)cc(N(C)C)c1. The summed E-state index contributed by atoms with van der Waals surface area (Å²) in [5, 5.41) is 22.6. The molecule has 0 aromatic heterocycles. The molecule has 2 bridgehead atoms. The molecule has 10 heteroatoms. The molecule has 49 heavy (non-hydrogen) atoms. The van der Waals surface area contributed by atoms with Crippen LogP contribution in [-0.4, -0.2) is 87.6 Å². The fourth-order valence-corrected chi connectivity index (χ4v) is 8.66. The van der Waals surface area contributed by atoms with Crippen molar-refractivity contribution in [2.45, 2.75) is 85.2 Å². The van der Waals surface area contributed by atoms with Gasteiger partial charge in [-0.05, 0) is 79.2 Å². The largest absolute Gasteiger partial charge is 0.496 e. The molecule has 4 N–H and O–H groups in total. The molecule has 1 aliphatic heterocycles. The lowest BCUT2D eigenvalue weighted by atomic mass is 9.45. The van der Waals surface area contributed by atoms with Crippen molar-refractivity contribution in [3.63, 3.8) is 0 Å². The molecule has 4 aliphatic rings. The van der Waals surface area contributed by atoms with E-state index in [4.69, 9.17) is 9.57 Å². The first-order chi connectivity index (χ1) is 23.2. The van der Waals surface area contributed by atoms with E-state index in [-0.39, 0.29) is 24.4 Å². The number of fused-ring (bicyclic) bond motifs is 2. The predicted octanol–water partition coefficient (Wildman–Crippen LogP) is 4.70. The van der Waals surface area contributed by atoms with E-state index in [0.717, 1.165) is 35.3 Å². The predicted molar refractivity (Wildman–Crippen MR) is 194 cm³/mol. The summed E-state index contributed by atoms with van der Waals surface area (Å²) in [4.78, 5) is 35.7. The highest BCUT2D eigenvalue weighted by Crippen LogP contribution is 2.61. The number of methoxy groups -OCH3 is 1. The molecule has 10 nitrogen and oxygen atoms in total. The Hall–Kier alpha value is -3.18. The van der Waals surface area contributed by atoms with Crippen LogP contribution in [0.4, 0.5) is 5.69 Å². The van der Waals surface area contributed by atoms with Crippen LogP contribution in [0.5, 0.6) is 5.75 Å². The molecule has 2 aromatic carbocycles. The second kappa shape index (κ2) is 15.0. The van der Waals surface area contributed by atoms with E-state index >= 15 is 0 Å². The Balaban J connectivity index is 1.48. The second-order valence-corrected chi connectivity index (χ2v) is 15.8. The molecule has 1 heterocycles. The van der Waals surface area contributed by atoms with Crippen LogP contribution in [0.25, 0.3) is 11.1 Å². The van der Waals surface area contributed by atoms with Gasteiger partial charge < -0.3 is 30.7 Å². The van der Waals surface area contributed by atoms with E-state index in [9.17, 15) is 14.7 Å². The number of carbonyl (C=O) groups is 2. The van der Waals surface area contributed by atoms with Gasteiger partial charge >= 0.3 is 0 Å². The molecular formula is C39H59N5O5. The molecule has 1 saturated heterocycles. The van der Waals surface area contributed by atoms with Crippen LogP contribution in [0.3, 0.4) is 0 Å². The number of nitrogens with one attached hydrogen (secondary N) is 3. The highest BCUT2D eigenvalue weighted by molar-refractivity contribution is 5.97. The fraction of sp³-hybridized carbons (Fsp3) is 0.641. The van der Waals surface area contributed by atoms with Gasteiger partial charge in [0, 0.05) is 62.0 Å². The number of aliphatic hydroxyl groups is 1. The second-order valence-electron chi connectivity index (χ2n) is 15.8. The maximum absolute atomic E-state index is 14.4. The van der Waals surface area contributed by atoms with Gasteiger partial charge in [-0.25, -0.2) is 0 Å². The summed E-state index contributed by atoms with van der Waals surface area (Å²) in [7, 11) is 7.15. The average molecular weight is 678 g/mol. The molecule has 270 valence electrons. The van der Waals surface area contributed by atoms with Gasteiger partial charge in [-0.2, -0.15) is 5.06 Å². The first-order valence-corrected chi connectivity index (χ1v) is 18.0. The Morgan fingerprint density at radius 3 is 2.47 bits per heavy atom. The maximum atomic E-state index is 14.4. The standard InChI is InChI=1S/C39H59N5O5/c1-22(2)19-41-20-33-34(24(4)45)35(38(47)42-32-18-28-17-31(23(32)3)39(28,5)6)44(49-33)21-25-12-11-13-30(36(25)48-10)26-14-27(37(46)40-7)16-29(15-26)43(8)9/h11-16,22-24,28,31-35,41,45H,17-21H2,1-10H3,(H,40,46)(H,42,47)/t23-,24-,28-,31+,32-,33-,34+,35-/m0/s1. The van der Waals surface area contributed by atoms with Gasteiger partial charge in [-0.1, -0.05) is 52.8 Å². The van der Waals surface area contributed by atoms with Crippen LogP contribution in [-0.2, 0) is 16.2 Å². The lowest BCUT2D eigenvalue weighted by Gasteiger charge is -2.62. The first-order valence-electron chi connectivity index (χ1n) is 18.0. The lowest BCUT2D eigenvalue weighted by molar-refractivity contribution is -0.176. The molecule has 8 atom stereocenters. The monoisotopic (exact) mass is 677 g/mol. The Morgan fingerprint density at radius 2 is 1.88 bits per heavy atom. The number of carbonyl (C=O) groups excluding carboxylic acids is 2. The average Bonchev–Trinajstić information content (AvgIpc) is 3.42. The van der Waals surface area contributed by atoms with Crippen LogP contribution in [0, 0.1) is 35.0 Å². The number of para-hydroxylation sites is 1. The van der Waals surface area contributed by atoms with Gasteiger partial charge in [0.15, 0.2) is 0 Å². The number of aliphatic hydroxyl groups excluding tert-OH is 1. The minimum atomic E-state index is -0.771. The van der Waals surface area contributed by atoms with E-state index in [1.807, 2.05) is 55.4 Å². The normalized spacial score (nSPS) is 28.1. The summed E-state index contributed by atoms with van der Waals surface area (Å²) in [6.45, 7) is 14.7. The van der Waals surface area contributed by atoms with Crippen molar-refractivity contribution in [2.75, 3.05) is 46.2 Å². The third kappa shape index (κ3) is 7.48. The van der Waals surface area contributed by atoms with Crippen molar-refractivity contribution >= 4 is 17.5 Å². The smallest absolute Gasteiger partial charge is 0.251 e. The molecule has 0 spiro atoms. The molecule has 6 rings (SSSR count). The van der Waals surface area contributed by atoms with E-state index in [2.05, 4.69) is 50.6 Å². The van der Waals surface area contributed by atoms with Crippen molar-refractivity contribution in [1.82, 2.24) is 21.0 Å². The van der Waals surface area contributed by atoms with Gasteiger partial charge in [0.2, 0.25) is 5.91 Å². The van der Waals surface area contributed by atoms with Gasteiger partial charge in [-0.3, -0.25) is 14.4 Å². The minimum Gasteiger partial charge on any atom is -0.496 e. The number of hydroxylamine groups is 2. The zero-order valence-corrected chi connectivity index (χ0v) is 31.2. The third-order valence-corrected chi connectivity index (χ3v) is 11.6. The van der Waals surface area contributed by atoms with Crippen molar-refractivity contribution in [2.24, 2.45) is 35.0 Å². The number of benzene rings is 2. The molecular weight excluding hydrogens is 618 g/mol. The quantitative estimate of drug-likeness (QED) is 0.241. The topological polar surface area (TPSA) is 115 Å². The third-order valence-electron chi connectivity index (χ3n) is 11.6. The van der Waals surface area contributed by atoms with Gasteiger partial charge in [0.25, 0.3) is 5.91 Å². The molecule has 3 saturated carbocycles. The summed E-state index contributed by atoms with van der Waals surface area (Å²) >= 11 is 0. The molecule has 2 amide bonds. The summed E-state index contributed by atoms with van der Waals surface area (Å²) < 4.78 is 6.07. The highest BCUT2D eigenvalue weighted by Gasteiger charge is 2.57. The summed E-state index contributed by atoms with van der Waals surface area (Å²) in [6.07, 6.45) is 1.04. The number of amides is 2. The first kappa shape index (κ1) is 37.1. The number of anilines is 1.